The van der Waals surface area contributed by atoms with Gasteiger partial charge in [-0.15, -0.1) is 6.58 Å². The van der Waals surface area contributed by atoms with Gasteiger partial charge < -0.3 is 11.5 Å². The highest BCUT2D eigenvalue weighted by Crippen LogP contribution is 2.22. The zero-order chi connectivity index (χ0) is 10.6. The summed E-state index contributed by atoms with van der Waals surface area (Å²) in [6.45, 7) is 3.62. The second-order valence-corrected chi connectivity index (χ2v) is 3.09. The molecule has 0 spiro atoms. The summed E-state index contributed by atoms with van der Waals surface area (Å²) in [5.41, 5.74) is 13.6. The van der Waals surface area contributed by atoms with Gasteiger partial charge in [-0.1, -0.05) is 12.1 Å². The van der Waals surface area contributed by atoms with Crippen LogP contribution < -0.4 is 11.5 Å². The molecule has 1 aromatic carbocycles. The van der Waals surface area contributed by atoms with Crippen molar-refractivity contribution in [2.75, 3.05) is 5.73 Å². The van der Waals surface area contributed by atoms with Gasteiger partial charge in [-0.25, -0.2) is 0 Å². The van der Waals surface area contributed by atoms with E-state index in [1.165, 1.54) is 0 Å². The fourth-order valence-electron chi connectivity index (χ4n) is 1.29. The van der Waals surface area contributed by atoms with Crippen LogP contribution >= 0.6 is 0 Å². The molecule has 0 bridgehead atoms. The predicted molar refractivity (Wildman–Crippen MR) is 57.3 cm³/mol. The van der Waals surface area contributed by atoms with Crippen LogP contribution in [0, 0.1) is 11.3 Å². The monoisotopic (exact) mass is 187 g/mol. The van der Waals surface area contributed by atoms with E-state index >= 15 is 0 Å². The lowest BCUT2D eigenvalue weighted by Gasteiger charge is -2.12. The third kappa shape index (κ3) is 2.12. The summed E-state index contributed by atoms with van der Waals surface area (Å²) in [4.78, 5) is 0. The summed E-state index contributed by atoms with van der Waals surface area (Å²) in [6, 6.07) is 7.03. The molecular formula is C11H13N3. The first-order valence-electron chi connectivity index (χ1n) is 4.35. The Morgan fingerprint density at radius 1 is 1.57 bits per heavy atom. The van der Waals surface area contributed by atoms with Gasteiger partial charge in [0.05, 0.1) is 11.6 Å². The van der Waals surface area contributed by atoms with E-state index in [4.69, 9.17) is 16.7 Å². The normalized spacial score (nSPS) is 11.7. The van der Waals surface area contributed by atoms with Crippen molar-refractivity contribution < 1.29 is 0 Å². The van der Waals surface area contributed by atoms with Crippen molar-refractivity contribution >= 4 is 5.69 Å². The maximum Gasteiger partial charge on any atom is 0.0992 e. The van der Waals surface area contributed by atoms with Crippen LogP contribution in [0.25, 0.3) is 0 Å². The van der Waals surface area contributed by atoms with Crippen LogP contribution in [0.2, 0.25) is 0 Å². The lowest BCUT2D eigenvalue weighted by atomic mass is 10.0. The smallest absolute Gasteiger partial charge is 0.0992 e. The number of nitrogens with zero attached hydrogens (tertiary/aromatic N) is 1. The van der Waals surface area contributed by atoms with Crippen molar-refractivity contribution in [3.8, 4) is 6.07 Å². The standard InChI is InChI=1S/C11H13N3/c1-2-3-10(13)9-5-4-8(7-12)6-11(9)14/h2,4-6,10H,1,3,13-14H2/t10-/m1/s1. The van der Waals surface area contributed by atoms with E-state index < -0.39 is 0 Å². The van der Waals surface area contributed by atoms with Gasteiger partial charge in [0.25, 0.3) is 0 Å². The molecule has 4 N–H and O–H groups in total. The van der Waals surface area contributed by atoms with Crippen LogP contribution in [0.15, 0.2) is 30.9 Å². The first-order chi connectivity index (χ1) is 6.69. The van der Waals surface area contributed by atoms with Gasteiger partial charge in [-0.05, 0) is 24.1 Å². The third-order valence-corrected chi connectivity index (χ3v) is 2.04. The molecule has 0 unspecified atom stereocenters. The van der Waals surface area contributed by atoms with E-state index in [1.54, 1.807) is 24.3 Å². The van der Waals surface area contributed by atoms with Crippen LogP contribution in [0.3, 0.4) is 0 Å². The van der Waals surface area contributed by atoms with Crippen molar-refractivity contribution in [3.05, 3.63) is 42.0 Å². The number of rotatable bonds is 3. The number of nitrogens with two attached hydrogens (primary N) is 2. The quantitative estimate of drug-likeness (QED) is 0.558. The number of anilines is 1. The van der Waals surface area contributed by atoms with Gasteiger partial charge in [0, 0.05) is 11.7 Å². The van der Waals surface area contributed by atoms with Crippen LogP contribution in [0.1, 0.15) is 23.6 Å². The van der Waals surface area contributed by atoms with Crippen LogP contribution in [-0.4, -0.2) is 0 Å². The molecule has 0 saturated carbocycles. The Labute approximate surface area is 83.6 Å². The zero-order valence-electron chi connectivity index (χ0n) is 7.90. The molecule has 0 amide bonds. The zero-order valence-corrected chi connectivity index (χ0v) is 7.90. The van der Waals surface area contributed by atoms with Gasteiger partial charge in [0.1, 0.15) is 0 Å². The lowest BCUT2D eigenvalue weighted by Crippen LogP contribution is -2.11. The largest absolute Gasteiger partial charge is 0.398 e. The van der Waals surface area contributed by atoms with Gasteiger partial charge >= 0.3 is 0 Å². The lowest BCUT2D eigenvalue weighted by molar-refractivity contribution is 0.744. The molecule has 1 atom stereocenters. The topological polar surface area (TPSA) is 75.8 Å². The van der Waals surface area contributed by atoms with Gasteiger partial charge in [0.2, 0.25) is 0 Å². The Morgan fingerprint density at radius 2 is 2.29 bits per heavy atom. The minimum Gasteiger partial charge on any atom is -0.398 e. The Morgan fingerprint density at radius 3 is 2.79 bits per heavy atom. The second-order valence-electron chi connectivity index (χ2n) is 3.09. The van der Waals surface area contributed by atoms with E-state index in [0.717, 1.165) is 5.56 Å². The van der Waals surface area contributed by atoms with Gasteiger partial charge in [-0.3, -0.25) is 0 Å². The van der Waals surface area contributed by atoms with E-state index in [9.17, 15) is 0 Å². The molecule has 0 aliphatic carbocycles. The van der Waals surface area contributed by atoms with Crippen molar-refractivity contribution in [2.24, 2.45) is 5.73 Å². The average molecular weight is 187 g/mol. The number of nitrogen functional groups attached to an aromatic ring is 1. The molecule has 0 radical (unpaired) electrons. The number of hydrogen-bond acceptors (Lipinski definition) is 3. The maximum absolute atomic E-state index is 8.64. The molecule has 0 aromatic heterocycles. The summed E-state index contributed by atoms with van der Waals surface area (Å²) in [5.74, 6) is 0. The first-order valence-corrected chi connectivity index (χ1v) is 4.35. The third-order valence-electron chi connectivity index (χ3n) is 2.04. The molecule has 0 saturated heterocycles. The van der Waals surface area contributed by atoms with Crippen LogP contribution in [0.4, 0.5) is 5.69 Å². The van der Waals surface area contributed by atoms with Gasteiger partial charge in [0.15, 0.2) is 0 Å². The first kappa shape index (κ1) is 10.3. The molecule has 0 aliphatic rings. The number of benzene rings is 1. The predicted octanol–water partition coefficient (Wildman–Crippen LogP) is 1.72. The summed E-state index contributed by atoms with van der Waals surface area (Å²) < 4.78 is 0. The summed E-state index contributed by atoms with van der Waals surface area (Å²) in [7, 11) is 0. The fraction of sp³-hybridized carbons (Fsp3) is 0.182. The second kappa shape index (κ2) is 4.45. The van der Waals surface area contributed by atoms with Crippen molar-refractivity contribution in [1.29, 1.82) is 5.26 Å². The molecule has 0 heterocycles. The number of hydrogen-bond donors (Lipinski definition) is 2. The summed E-state index contributed by atoms with van der Waals surface area (Å²) in [5, 5.41) is 8.64. The average Bonchev–Trinajstić information content (AvgIpc) is 2.17. The highest BCUT2D eigenvalue weighted by Gasteiger charge is 2.07. The van der Waals surface area contributed by atoms with Crippen LogP contribution in [-0.2, 0) is 0 Å². The highest BCUT2D eigenvalue weighted by atomic mass is 14.7. The van der Waals surface area contributed by atoms with Crippen molar-refractivity contribution in [2.45, 2.75) is 12.5 Å². The fourth-order valence-corrected chi connectivity index (χ4v) is 1.29. The van der Waals surface area contributed by atoms with E-state index in [2.05, 4.69) is 6.58 Å². The molecule has 72 valence electrons. The Kier molecular flexibility index (Phi) is 3.27. The van der Waals surface area contributed by atoms with Gasteiger partial charge in [-0.2, -0.15) is 5.26 Å². The summed E-state index contributed by atoms with van der Waals surface area (Å²) in [6.07, 6.45) is 2.43. The highest BCUT2D eigenvalue weighted by molar-refractivity contribution is 5.53. The molecule has 3 nitrogen and oxygen atoms in total. The molecular weight excluding hydrogens is 174 g/mol. The van der Waals surface area contributed by atoms with Crippen molar-refractivity contribution in [1.82, 2.24) is 0 Å². The minimum atomic E-state index is -0.139. The molecule has 0 fully saturated rings. The van der Waals surface area contributed by atoms with E-state index in [0.29, 0.717) is 17.7 Å². The molecule has 14 heavy (non-hydrogen) atoms. The minimum absolute atomic E-state index is 0.139. The Hall–Kier alpha value is -1.79. The van der Waals surface area contributed by atoms with Crippen LogP contribution in [0.5, 0.6) is 0 Å². The molecule has 0 aliphatic heterocycles. The summed E-state index contributed by atoms with van der Waals surface area (Å²) >= 11 is 0. The molecule has 3 heteroatoms. The SMILES string of the molecule is C=CC[C@@H](N)c1ccc(C#N)cc1N. The molecule has 1 rings (SSSR count). The van der Waals surface area contributed by atoms with Crippen molar-refractivity contribution in [3.63, 3.8) is 0 Å². The maximum atomic E-state index is 8.64. The number of nitriles is 1. The van der Waals surface area contributed by atoms with E-state index in [1.807, 2.05) is 6.07 Å². The Bertz CT molecular complexity index is 377. The Balaban J connectivity index is 3.00. The molecule has 1 aromatic rings. The van der Waals surface area contributed by atoms with E-state index in [-0.39, 0.29) is 6.04 Å².